The highest BCUT2D eigenvalue weighted by atomic mass is 35.5. The molecule has 4 N–H and O–H groups in total. The molecule has 0 bridgehead atoms. The molecule has 3 rings (SSSR count). The number of nitrogens with one attached hydrogen (secondary N) is 2. The molecule has 0 atom stereocenters. The van der Waals surface area contributed by atoms with Crippen LogP contribution in [0.1, 0.15) is 56.8 Å². The van der Waals surface area contributed by atoms with E-state index in [9.17, 15) is 9.59 Å². The molecular weight excluding hydrogens is 402 g/mol. The van der Waals surface area contributed by atoms with Gasteiger partial charge in [-0.1, -0.05) is 36.6 Å². The molecule has 27 heavy (non-hydrogen) atoms. The van der Waals surface area contributed by atoms with Crippen molar-refractivity contribution in [3.05, 3.63) is 50.9 Å². The summed E-state index contributed by atoms with van der Waals surface area (Å²) in [5.41, 5.74) is 7.49. The summed E-state index contributed by atoms with van der Waals surface area (Å²) in [4.78, 5) is 25.6. The number of rotatable bonds is 3. The van der Waals surface area contributed by atoms with Crippen LogP contribution in [0.25, 0.3) is 0 Å². The monoisotopic (exact) mass is 421 g/mol. The minimum Gasteiger partial charge on any atom is -0.365 e. The quantitative estimate of drug-likeness (QED) is 0.645. The van der Waals surface area contributed by atoms with Gasteiger partial charge in [0.2, 0.25) is 0 Å². The number of thiophene rings is 1. The first kappa shape index (κ1) is 19.8. The van der Waals surface area contributed by atoms with Crippen molar-refractivity contribution < 1.29 is 9.59 Å². The number of carbonyl (C=O) groups is 2. The van der Waals surface area contributed by atoms with Crippen molar-refractivity contribution in [1.82, 2.24) is 5.32 Å². The Kier molecular flexibility index (Phi) is 6.46. The highest BCUT2D eigenvalue weighted by molar-refractivity contribution is 7.80. The highest BCUT2D eigenvalue weighted by Gasteiger charge is 2.23. The Bertz CT molecular complexity index is 895. The average molecular weight is 422 g/mol. The Morgan fingerprint density at radius 2 is 1.81 bits per heavy atom. The molecule has 0 unspecified atom stereocenters. The van der Waals surface area contributed by atoms with Gasteiger partial charge in [-0.25, -0.2) is 0 Å². The molecule has 1 heterocycles. The summed E-state index contributed by atoms with van der Waals surface area (Å²) < 4.78 is 0. The molecule has 1 aromatic heterocycles. The number of halogens is 1. The van der Waals surface area contributed by atoms with Crippen molar-refractivity contribution in [2.24, 2.45) is 5.73 Å². The lowest BCUT2D eigenvalue weighted by atomic mass is 9.96. The predicted molar refractivity (Wildman–Crippen MR) is 114 cm³/mol. The molecule has 142 valence electrons. The normalized spacial score (nSPS) is 13.8. The lowest BCUT2D eigenvalue weighted by Gasteiger charge is -2.11. The van der Waals surface area contributed by atoms with Crippen LogP contribution in [0, 0.1) is 0 Å². The van der Waals surface area contributed by atoms with E-state index in [2.05, 4.69) is 10.6 Å². The van der Waals surface area contributed by atoms with E-state index in [0.717, 1.165) is 37.7 Å². The molecule has 8 heteroatoms. The molecule has 1 aromatic carbocycles. The second kappa shape index (κ2) is 8.82. The molecular formula is C19H20ClN3O2S2. The number of anilines is 1. The van der Waals surface area contributed by atoms with Crippen LogP contribution in [0.15, 0.2) is 24.3 Å². The summed E-state index contributed by atoms with van der Waals surface area (Å²) in [6.45, 7) is 0. The van der Waals surface area contributed by atoms with Crippen LogP contribution >= 0.6 is 35.2 Å². The number of hydrogen-bond donors (Lipinski definition) is 3. The van der Waals surface area contributed by atoms with Crippen LogP contribution in [0.4, 0.5) is 5.00 Å². The van der Waals surface area contributed by atoms with Gasteiger partial charge in [0, 0.05) is 4.88 Å². The lowest BCUT2D eigenvalue weighted by Crippen LogP contribution is -2.34. The summed E-state index contributed by atoms with van der Waals surface area (Å²) in [5, 5.41) is 6.64. The van der Waals surface area contributed by atoms with Crippen molar-refractivity contribution in [3.8, 4) is 0 Å². The van der Waals surface area contributed by atoms with Crippen LogP contribution in [0.5, 0.6) is 0 Å². The van der Waals surface area contributed by atoms with E-state index < -0.39 is 11.8 Å². The van der Waals surface area contributed by atoms with Gasteiger partial charge in [-0.3, -0.25) is 14.9 Å². The summed E-state index contributed by atoms with van der Waals surface area (Å²) in [7, 11) is 0. The number of fused-ring (bicyclic) bond motifs is 1. The predicted octanol–water partition coefficient (Wildman–Crippen LogP) is 4.29. The maximum atomic E-state index is 12.4. The number of amides is 2. The third kappa shape index (κ3) is 4.66. The molecule has 2 amide bonds. The summed E-state index contributed by atoms with van der Waals surface area (Å²) in [6.07, 6.45) is 6.25. The topological polar surface area (TPSA) is 84.2 Å². The number of aryl methyl sites for hydroxylation is 1. The fourth-order valence-electron chi connectivity index (χ4n) is 3.22. The summed E-state index contributed by atoms with van der Waals surface area (Å²) in [6, 6.07) is 6.72. The highest BCUT2D eigenvalue weighted by Crippen LogP contribution is 2.36. The maximum Gasteiger partial charge on any atom is 0.258 e. The van der Waals surface area contributed by atoms with Crippen molar-refractivity contribution in [2.45, 2.75) is 38.5 Å². The fourth-order valence-corrected chi connectivity index (χ4v) is 5.00. The third-order valence-corrected chi connectivity index (χ3v) is 6.23. The first-order chi connectivity index (χ1) is 13.0. The van der Waals surface area contributed by atoms with Crippen molar-refractivity contribution >= 4 is 57.1 Å². The molecule has 1 aliphatic rings. The van der Waals surface area contributed by atoms with Gasteiger partial charge in [0.05, 0.1) is 16.1 Å². The van der Waals surface area contributed by atoms with Crippen LogP contribution < -0.4 is 16.4 Å². The zero-order valence-electron chi connectivity index (χ0n) is 14.6. The van der Waals surface area contributed by atoms with Gasteiger partial charge in [-0.2, -0.15) is 0 Å². The van der Waals surface area contributed by atoms with Crippen LogP contribution in [0.3, 0.4) is 0 Å². The van der Waals surface area contributed by atoms with E-state index in [4.69, 9.17) is 29.6 Å². The molecule has 0 radical (unpaired) electrons. The van der Waals surface area contributed by atoms with Gasteiger partial charge in [-0.05, 0) is 55.6 Å². The minimum absolute atomic E-state index is 0.108. The fraction of sp³-hybridized carbons (Fsp3) is 0.316. The molecule has 0 fully saturated rings. The Balaban J connectivity index is 1.79. The third-order valence-electron chi connectivity index (χ3n) is 4.49. The molecule has 0 saturated carbocycles. The smallest absolute Gasteiger partial charge is 0.258 e. The molecule has 0 aliphatic heterocycles. The van der Waals surface area contributed by atoms with Gasteiger partial charge in [0.25, 0.3) is 11.8 Å². The maximum absolute atomic E-state index is 12.4. The second-order valence-electron chi connectivity index (χ2n) is 6.37. The largest absolute Gasteiger partial charge is 0.365 e. The first-order valence-corrected chi connectivity index (χ1v) is 10.4. The number of thiocarbonyl (C=S) groups is 1. The van der Waals surface area contributed by atoms with Gasteiger partial charge >= 0.3 is 0 Å². The molecule has 0 saturated heterocycles. The van der Waals surface area contributed by atoms with E-state index in [1.807, 2.05) is 0 Å². The number of benzene rings is 1. The second-order valence-corrected chi connectivity index (χ2v) is 8.30. The standard InChI is InChI=1S/C19H20ClN3O2S2/c20-13-9-6-5-7-11(13)17(25)22-19(26)23-18-15(16(21)24)12-8-3-1-2-4-10-14(12)27-18/h5-7,9H,1-4,8,10H2,(H2,21,24)(H2,22,23,25,26). The molecule has 0 spiro atoms. The Labute approximate surface area is 172 Å². The Morgan fingerprint density at radius 3 is 2.52 bits per heavy atom. The zero-order chi connectivity index (χ0) is 19.4. The van der Waals surface area contributed by atoms with Gasteiger partial charge in [0.1, 0.15) is 5.00 Å². The zero-order valence-corrected chi connectivity index (χ0v) is 17.0. The van der Waals surface area contributed by atoms with Crippen LogP contribution in [-0.4, -0.2) is 16.9 Å². The van der Waals surface area contributed by atoms with Gasteiger partial charge in [-0.15, -0.1) is 11.3 Å². The van der Waals surface area contributed by atoms with Gasteiger partial charge in [0.15, 0.2) is 5.11 Å². The van der Waals surface area contributed by atoms with E-state index in [1.54, 1.807) is 24.3 Å². The number of carbonyl (C=O) groups excluding carboxylic acids is 2. The Morgan fingerprint density at radius 1 is 1.11 bits per heavy atom. The first-order valence-electron chi connectivity index (χ1n) is 8.78. The van der Waals surface area contributed by atoms with Crippen LogP contribution in [-0.2, 0) is 12.8 Å². The SMILES string of the molecule is NC(=O)c1c(NC(=S)NC(=O)c2ccccc2Cl)sc2c1CCCCCC2. The van der Waals surface area contributed by atoms with Crippen molar-refractivity contribution in [1.29, 1.82) is 0 Å². The summed E-state index contributed by atoms with van der Waals surface area (Å²) in [5.74, 6) is -0.885. The Hall–Kier alpha value is -1.96. The van der Waals surface area contributed by atoms with E-state index in [-0.39, 0.29) is 5.11 Å². The molecule has 1 aliphatic carbocycles. The summed E-state index contributed by atoms with van der Waals surface area (Å²) >= 11 is 12.8. The van der Waals surface area contributed by atoms with Crippen LogP contribution in [0.2, 0.25) is 5.02 Å². The average Bonchev–Trinajstić information content (AvgIpc) is 2.91. The molecule has 2 aromatic rings. The van der Waals surface area contributed by atoms with Crippen molar-refractivity contribution in [3.63, 3.8) is 0 Å². The van der Waals surface area contributed by atoms with Gasteiger partial charge < -0.3 is 11.1 Å². The number of nitrogens with two attached hydrogens (primary N) is 1. The van der Waals surface area contributed by atoms with Crippen molar-refractivity contribution in [2.75, 3.05) is 5.32 Å². The molecule has 5 nitrogen and oxygen atoms in total. The number of primary amides is 1. The van der Waals surface area contributed by atoms with E-state index in [0.29, 0.717) is 21.2 Å². The minimum atomic E-state index is -0.476. The lowest BCUT2D eigenvalue weighted by molar-refractivity contribution is 0.0975. The van der Waals surface area contributed by atoms with E-state index >= 15 is 0 Å². The number of hydrogen-bond acceptors (Lipinski definition) is 4. The van der Waals surface area contributed by atoms with E-state index in [1.165, 1.54) is 22.6 Å².